The number of sulfonamides is 1. The number of anilines is 1. The summed E-state index contributed by atoms with van der Waals surface area (Å²) in [5.74, 6) is 1.12. The molecular weight excluding hydrogens is 356 g/mol. The summed E-state index contributed by atoms with van der Waals surface area (Å²) in [5.41, 5.74) is 4.49. The number of hydrogen-bond acceptors (Lipinski definition) is 2. The summed E-state index contributed by atoms with van der Waals surface area (Å²) in [6, 6.07) is 22.9. The van der Waals surface area contributed by atoms with Crippen LogP contribution in [0.5, 0.6) is 0 Å². The first kappa shape index (κ1) is 17.7. The molecule has 27 heavy (non-hydrogen) atoms. The first-order valence-electron chi connectivity index (χ1n) is 9.25. The van der Waals surface area contributed by atoms with Crippen molar-refractivity contribution in [1.29, 1.82) is 0 Å². The van der Waals surface area contributed by atoms with Gasteiger partial charge >= 0.3 is 10.0 Å². The highest BCUT2D eigenvalue weighted by molar-refractivity contribution is 7.92. The number of aryl methyl sites for hydroxylation is 1. The molecule has 1 atom stereocenters. The van der Waals surface area contributed by atoms with E-state index >= 15 is 0 Å². The Morgan fingerprint density at radius 3 is 2.37 bits per heavy atom. The predicted molar refractivity (Wildman–Crippen MR) is 108 cm³/mol. The van der Waals surface area contributed by atoms with E-state index in [1.54, 1.807) is 0 Å². The molecule has 5 heteroatoms. The Kier molecular flexibility index (Phi) is 4.70. The van der Waals surface area contributed by atoms with Gasteiger partial charge in [0.25, 0.3) is 5.82 Å². The Labute approximate surface area is 160 Å². The van der Waals surface area contributed by atoms with E-state index in [-0.39, 0.29) is 5.75 Å². The van der Waals surface area contributed by atoms with Crippen molar-refractivity contribution in [3.63, 3.8) is 0 Å². The van der Waals surface area contributed by atoms with Gasteiger partial charge in [-0.05, 0) is 35.2 Å². The zero-order valence-corrected chi connectivity index (χ0v) is 16.1. The molecule has 1 unspecified atom stereocenters. The van der Waals surface area contributed by atoms with Crippen molar-refractivity contribution < 1.29 is 13.0 Å². The third-order valence-corrected chi connectivity index (χ3v) is 6.38. The summed E-state index contributed by atoms with van der Waals surface area (Å²) in [4.78, 5) is 0. The second-order valence-corrected chi connectivity index (χ2v) is 8.72. The smallest absolute Gasteiger partial charge is 0.232 e. The molecule has 0 saturated heterocycles. The van der Waals surface area contributed by atoms with Gasteiger partial charge in [-0.3, -0.25) is 0 Å². The van der Waals surface area contributed by atoms with Crippen molar-refractivity contribution in [2.24, 2.45) is 0 Å². The summed E-state index contributed by atoms with van der Waals surface area (Å²) < 4.78 is 28.7. The van der Waals surface area contributed by atoms with Gasteiger partial charge in [0.1, 0.15) is 12.3 Å². The molecule has 3 aromatic rings. The van der Waals surface area contributed by atoms with Gasteiger partial charge in [-0.2, -0.15) is 13.1 Å². The summed E-state index contributed by atoms with van der Waals surface area (Å²) in [7, 11) is -3.26. The standard InChI is InChI=1S/C22H22N2O2S/c1-2-20(17-7-4-3-5-8-17)18-10-12-19(13-11-18)21-9-6-14-24-15-16-27(25,26)23-22(21)24/h3-14,20H,2,15-16H2,1H3/p+1. The first-order valence-corrected chi connectivity index (χ1v) is 10.9. The van der Waals surface area contributed by atoms with E-state index in [4.69, 9.17) is 0 Å². The third-order valence-electron chi connectivity index (χ3n) is 5.16. The molecule has 0 amide bonds. The fraction of sp³-hybridized carbons (Fsp3) is 0.227. The van der Waals surface area contributed by atoms with Gasteiger partial charge in [0, 0.05) is 5.92 Å². The first-order chi connectivity index (χ1) is 13.1. The van der Waals surface area contributed by atoms with E-state index in [1.807, 2.05) is 29.0 Å². The highest BCUT2D eigenvalue weighted by atomic mass is 32.2. The van der Waals surface area contributed by atoms with Crippen LogP contribution in [-0.2, 0) is 16.6 Å². The molecule has 1 aliphatic rings. The molecule has 2 aromatic carbocycles. The molecule has 4 nitrogen and oxygen atoms in total. The molecular formula is C22H23N2O2S+. The molecule has 0 spiro atoms. The zero-order chi connectivity index (χ0) is 18.9. The van der Waals surface area contributed by atoms with Gasteiger partial charge in [0.05, 0.1) is 11.8 Å². The summed E-state index contributed by atoms with van der Waals surface area (Å²) in [6.07, 6.45) is 2.94. The van der Waals surface area contributed by atoms with Crippen LogP contribution in [0.3, 0.4) is 0 Å². The molecule has 1 N–H and O–H groups in total. The monoisotopic (exact) mass is 379 g/mol. The number of rotatable bonds is 4. The van der Waals surface area contributed by atoms with Crippen molar-refractivity contribution in [1.82, 2.24) is 0 Å². The van der Waals surface area contributed by atoms with E-state index in [0.29, 0.717) is 18.3 Å². The minimum Gasteiger partial charge on any atom is -0.232 e. The number of aromatic nitrogens is 1. The highest BCUT2D eigenvalue weighted by Crippen LogP contribution is 2.32. The summed E-state index contributed by atoms with van der Waals surface area (Å²) >= 11 is 0. The topological polar surface area (TPSA) is 50.1 Å². The van der Waals surface area contributed by atoms with Crippen molar-refractivity contribution in [2.75, 3.05) is 10.5 Å². The summed E-state index contributed by atoms with van der Waals surface area (Å²) in [6.45, 7) is 2.67. The van der Waals surface area contributed by atoms with Gasteiger partial charge in [-0.1, -0.05) is 61.5 Å². The molecule has 0 saturated carbocycles. The van der Waals surface area contributed by atoms with Crippen LogP contribution in [0, 0.1) is 0 Å². The molecule has 138 valence electrons. The number of pyridine rings is 1. The molecule has 1 aromatic heterocycles. The van der Waals surface area contributed by atoms with Crippen LogP contribution in [0.4, 0.5) is 5.82 Å². The quantitative estimate of drug-likeness (QED) is 0.698. The van der Waals surface area contributed by atoms with Crippen LogP contribution in [0.1, 0.15) is 30.4 Å². The van der Waals surface area contributed by atoms with Crippen LogP contribution in [0.15, 0.2) is 72.9 Å². The Morgan fingerprint density at radius 2 is 1.67 bits per heavy atom. The Bertz CT molecular complexity index is 1050. The Balaban J connectivity index is 1.70. The van der Waals surface area contributed by atoms with Crippen LogP contribution in [0.2, 0.25) is 0 Å². The van der Waals surface area contributed by atoms with Gasteiger partial charge < -0.3 is 0 Å². The van der Waals surface area contributed by atoms with Gasteiger partial charge in [0.15, 0.2) is 0 Å². The van der Waals surface area contributed by atoms with Crippen LogP contribution < -0.4 is 9.29 Å². The van der Waals surface area contributed by atoms with E-state index in [2.05, 4.69) is 60.2 Å². The number of benzene rings is 2. The number of nitrogens with one attached hydrogen (secondary N) is 1. The van der Waals surface area contributed by atoms with Crippen LogP contribution >= 0.6 is 0 Å². The lowest BCUT2D eigenvalue weighted by molar-refractivity contribution is -0.679. The summed E-state index contributed by atoms with van der Waals surface area (Å²) in [5, 5.41) is 0. The fourth-order valence-corrected chi connectivity index (χ4v) is 4.81. The molecule has 0 radical (unpaired) electrons. The van der Waals surface area contributed by atoms with Crippen LogP contribution in [-0.4, -0.2) is 14.2 Å². The zero-order valence-electron chi connectivity index (χ0n) is 15.3. The molecule has 0 fully saturated rings. The fourth-order valence-electron chi connectivity index (χ4n) is 3.75. The average Bonchev–Trinajstić information content (AvgIpc) is 2.69. The lowest BCUT2D eigenvalue weighted by Gasteiger charge is -2.18. The van der Waals surface area contributed by atoms with E-state index in [1.165, 1.54) is 11.1 Å². The number of hydrogen-bond donors (Lipinski definition) is 1. The molecule has 4 rings (SSSR count). The van der Waals surface area contributed by atoms with Gasteiger partial charge in [0.2, 0.25) is 0 Å². The van der Waals surface area contributed by atoms with Crippen molar-refractivity contribution in [3.8, 4) is 11.1 Å². The molecule has 1 aliphatic heterocycles. The largest absolute Gasteiger partial charge is 0.302 e. The lowest BCUT2D eigenvalue weighted by Crippen LogP contribution is -2.47. The average molecular weight is 380 g/mol. The van der Waals surface area contributed by atoms with E-state index in [9.17, 15) is 8.42 Å². The number of fused-ring (bicyclic) bond motifs is 1. The van der Waals surface area contributed by atoms with Gasteiger partial charge in [-0.15, -0.1) is 0 Å². The molecule has 0 aliphatic carbocycles. The van der Waals surface area contributed by atoms with Gasteiger partial charge in [-0.25, -0.2) is 4.57 Å². The second kappa shape index (κ2) is 7.16. The normalized spacial score (nSPS) is 16.2. The molecule has 0 bridgehead atoms. The third kappa shape index (κ3) is 3.60. The molecule has 2 heterocycles. The Hall–Kier alpha value is -2.66. The predicted octanol–water partition coefficient (Wildman–Crippen LogP) is 3.94. The SMILES string of the molecule is CCC(c1ccccc1)c1ccc(-c2ccc[n+]3c2NS(=O)(=O)CC3)cc1. The minimum absolute atomic E-state index is 0.113. The second-order valence-electron chi connectivity index (χ2n) is 6.88. The maximum absolute atomic E-state index is 12.0. The lowest BCUT2D eigenvalue weighted by atomic mass is 9.88. The van der Waals surface area contributed by atoms with Crippen molar-refractivity contribution in [2.45, 2.75) is 25.8 Å². The van der Waals surface area contributed by atoms with Crippen molar-refractivity contribution in [3.05, 3.63) is 84.1 Å². The van der Waals surface area contributed by atoms with E-state index < -0.39 is 10.0 Å². The van der Waals surface area contributed by atoms with E-state index in [0.717, 1.165) is 17.5 Å². The van der Waals surface area contributed by atoms with Crippen LogP contribution in [0.25, 0.3) is 11.1 Å². The highest BCUT2D eigenvalue weighted by Gasteiger charge is 2.29. The maximum atomic E-state index is 12.0. The van der Waals surface area contributed by atoms with Crippen molar-refractivity contribution >= 4 is 15.8 Å². The maximum Gasteiger partial charge on any atom is 0.302 e. The Morgan fingerprint density at radius 1 is 0.963 bits per heavy atom. The minimum atomic E-state index is -3.26. The number of nitrogens with zero attached hydrogens (tertiary/aromatic N) is 1.